The van der Waals surface area contributed by atoms with Gasteiger partial charge in [0.05, 0.1) is 5.39 Å². The number of rotatable bonds is 8. The fourth-order valence-electron chi connectivity index (χ4n) is 4.35. The van der Waals surface area contributed by atoms with Crippen LogP contribution in [0.25, 0.3) is 16.0 Å². The van der Waals surface area contributed by atoms with E-state index in [1.54, 1.807) is 15.9 Å². The van der Waals surface area contributed by atoms with Gasteiger partial charge in [-0.2, -0.15) is 9.50 Å². The van der Waals surface area contributed by atoms with Crippen LogP contribution < -0.4 is 5.32 Å². The topological polar surface area (TPSA) is 74.5 Å². The molecule has 1 N–H and O–H groups in total. The first-order chi connectivity index (χ1) is 15.3. The second-order valence-electron chi connectivity index (χ2n) is 7.93. The molecule has 1 aromatic carbocycles. The molecule has 0 spiro atoms. The van der Waals surface area contributed by atoms with Crippen molar-refractivity contribution in [1.82, 2.24) is 34.8 Å². The Kier molecular flexibility index (Phi) is 5.80. The van der Waals surface area contributed by atoms with Crippen LogP contribution in [0.5, 0.6) is 0 Å². The first-order valence-electron chi connectivity index (χ1n) is 11.0. The minimum absolute atomic E-state index is 0.553. The third kappa shape index (κ3) is 4.00. The summed E-state index contributed by atoms with van der Waals surface area (Å²) in [6.07, 6.45) is 1.02. The van der Waals surface area contributed by atoms with Crippen molar-refractivity contribution in [3.05, 3.63) is 46.3 Å². The van der Waals surface area contributed by atoms with Crippen LogP contribution in [-0.2, 0) is 19.5 Å². The molecule has 0 radical (unpaired) electrons. The van der Waals surface area contributed by atoms with Crippen molar-refractivity contribution in [3.63, 3.8) is 0 Å². The number of nitrogens with one attached hydrogen (secondary N) is 1. The molecule has 0 unspecified atom stereocenters. The summed E-state index contributed by atoms with van der Waals surface area (Å²) < 4.78 is 1.79. The molecule has 0 saturated heterocycles. The fraction of sp³-hybridized carbons (Fsp3) is 0.455. The normalized spacial score (nSPS) is 14.5. The summed E-state index contributed by atoms with van der Waals surface area (Å²) in [4.78, 5) is 12.2. The molecule has 0 aliphatic carbocycles. The maximum atomic E-state index is 4.77. The molecule has 4 heterocycles. The molecule has 0 amide bonds. The minimum atomic E-state index is 0.553. The summed E-state index contributed by atoms with van der Waals surface area (Å²) in [5, 5.41) is 17.0. The Morgan fingerprint density at radius 1 is 1.16 bits per heavy atom. The van der Waals surface area contributed by atoms with Gasteiger partial charge >= 0.3 is 0 Å². The molecule has 8 nitrogen and oxygen atoms in total. The van der Waals surface area contributed by atoms with E-state index in [2.05, 4.69) is 74.8 Å². The monoisotopic (exact) mass is 436 g/mol. The van der Waals surface area contributed by atoms with Crippen LogP contribution >= 0.6 is 11.3 Å². The highest BCUT2D eigenvalue weighted by Gasteiger charge is 2.25. The van der Waals surface area contributed by atoms with Crippen LogP contribution in [0.1, 0.15) is 29.9 Å². The van der Waals surface area contributed by atoms with Crippen LogP contribution in [0, 0.1) is 0 Å². The van der Waals surface area contributed by atoms with E-state index in [1.165, 1.54) is 21.4 Å². The molecule has 3 aromatic heterocycles. The molecule has 0 bridgehead atoms. The number of benzene rings is 1. The number of hydrogen-bond acceptors (Lipinski definition) is 8. The van der Waals surface area contributed by atoms with E-state index in [0.29, 0.717) is 5.78 Å². The van der Waals surface area contributed by atoms with Crippen molar-refractivity contribution in [1.29, 1.82) is 0 Å². The number of tetrazole rings is 1. The summed E-state index contributed by atoms with van der Waals surface area (Å²) >= 11 is 1.80. The highest BCUT2D eigenvalue weighted by Crippen LogP contribution is 2.38. The third-order valence-electron chi connectivity index (χ3n) is 6.08. The molecule has 0 saturated carbocycles. The molecular formula is C22H28N8S. The lowest BCUT2D eigenvalue weighted by Gasteiger charge is -2.27. The SMILES string of the molecule is CCN(CC)CCNc1nc2nnnn2c2sc3c(c12)CCN(Cc1ccccc1)C3. The number of nitrogens with zero attached hydrogens (tertiary/aromatic N) is 7. The van der Waals surface area contributed by atoms with E-state index in [9.17, 15) is 0 Å². The van der Waals surface area contributed by atoms with Gasteiger partial charge in [0.15, 0.2) is 0 Å². The van der Waals surface area contributed by atoms with Crippen LogP contribution in [0.2, 0.25) is 0 Å². The molecular weight excluding hydrogens is 408 g/mol. The highest BCUT2D eigenvalue weighted by atomic mass is 32.1. The molecule has 5 rings (SSSR count). The van der Waals surface area contributed by atoms with Crippen molar-refractivity contribution in [2.24, 2.45) is 0 Å². The van der Waals surface area contributed by atoms with E-state index in [0.717, 1.165) is 62.9 Å². The molecule has 31 heavy (non-hydrogen) atoms. The molecule has 0 atom stereocenters. The lowest BCUT2D eigenvalue weighted by molar-refractivity contribution is 0.249. The van der Waals surface area contributed by atoms with Gasteiger partial charge in [-0.3, -0.25) is 4.90 Å². The van der Waals surface area contributed by atoms with E-state index in [1.807, 2.05) is 0 Å². The summed E-state index contributed by atoms with van der Waals surface area (Å²) in [7, 11) is 0. The third-order valence-corrected chi connectivity index (χ3v) is 7.27. The van der Waals surface area contributed by atoms with Crippen LogP contribution in [0.15, 0.2) is 30.3 Å². The number of anilines is 1. The van der Waals surface area contributed by atoms with Gasteiger partial charge in [-0.1, -0.05) is 49.3 Å². The summed E-state index contributed by atoms with van der Waals surface area (Å²) in [5.41, 5.74) is 2.76. The smallest absolute Gasteiger partial charge is 0.276 e. The highest BCUT2D eigenvalue weighted by molar-refractivity contribution is 7.19. The van der Waals surface area contributed by atoms with E-state index in [-0.39, 0.29) is 0 Å². The van der Waals surface area contributed by atoms with Gasteiger partial charge in [-0.15, -0.1) is 11.3 Å². The maximum absolute atomic E-state index is 4.77. The average Bonchev–Trinajstić information content (AvgIpc) is 3.41. The zero-order valence-electron chi connectivity index (χ0n) is 18.1. The summed E-state index contributed by atoms with van der Waals surface area (Å²) in [6.45, 7) is 11.3. The number of hydrogen-bond donors (Lipinski definition) is 1. The molecule has 162 valence electrons. The lowest BCUT2D eigenvalue weighted by atomic mass is 10.0. The zero-order chi connectivity index (χ0) is 21.2. The molecule has 4 aromatic rings. The number of likely N-dealkylation sites (N-methyl/N-ethyl adjacent to an activating group) is 1. The number of thiophene rings is 1. The maximum Gasteiger partial charge on any atom is 0.276 e. The van der Waals surface area contributed by atoms with Gasteiger partial charge in [-0.05, 0) is 41.1 Å². The van der Waals surface area contributed by atoms with Crippen LogP contribution in [-0.4, -0.2) is 67.5 Å². The fourth-order valence-corrected chi connectivity index (χ4v) is 5.69. The number of aromatic nitrogens is 5. The Morgan fingerprint density at radius 3 is 2.81 bits per heavy atom. The van der Waals surface area contributed by atoms with Crippen LogP contribution in [0.4, 0.5) is 5.82 Å². The Morgan fingerprint density at radius 2 is 2.00 bits per heavy atom. The van der Waals surface area contributed by atoms with Gasteiger partial charge in [0, 0.05) is 37.6 Å². The Labute approximate surface area is 185 Å². The van der Waals surface area contributed by atoms with Gasteiger partial charge < -0.3 is 10.2 Å². The molecule has 0 fully saturated rings. The number of fused-ring (bicyclic) bond motifs is 5. The average molecular weight is 437 g/mol. The lowest BCUT2D eigenvalue weighted by Crippen LogP contribution is -2.29. The Balaban J connectivity index is 1.45. The zero-order valence-corrected chi connectivity index (χ0v) is 18.9. The molecule has 9 heteroatoms. The predicted octanol–water partition coefficient (Wildman–Crippen LogP) is 3.05. The summed E-state index contributed by atoms with van der Waals surface area (Å²) in [5.74, 6) is 1.47. The van der Waals surface area contributed by atoms with Crippen molar-refractivity contribution in [2.45, 2.75) is 33.4 Å². The Hall–Kier alpha value is -2.62. The van der Waals surface area contributed by atoms with E-state index >= 15 is 0 Å². The second-order valence-corrected chi connectivity index (χ2v) is 9.02. The van der Waals surface area contributed by atoms with Crippen LogP contribution in [0.3, 0.4) is 0 Å². The molecule has 1 aliphatic rings. The minimum Gasteiger partial charge on any atom is -0.368 e. The quantitative estimate of drug-likeness (QED) is 0.455. The van der Waals surface area contributed by atoms with Crippen molar-refractivity contribution >= 4 is 33.1 Å². The van der Waals surface area contributed by atoms with Crippen molar-refractivity contribution in [2.75, 3.05) is 38.0 Å². The predicted molar refractivity (Wildman–Crippen MR) is 124 cm³/mol. The van der Waals surface area contributed by atoms with Gasteiger partial charge in [-0.25, -0.2) is 0 Å². The standard InChI is InChI=1S/C22H28N8S/c1-3-28(4-2)13-11-23-20-19-17-10-12-29(14-16-8-6-5-7-9-16)15-18(17)31-21(19)30-22(24-20)25-26-27-30/h5-9H,3-4,10-15H2,1-2H3,(H,23,24,25,27). The van der Waals surface area contributed by atoms with Gasteiger partial charge in [0.1, 0.15) is 10.6 Å². The summed E-state index contributed by atoms with van der Waals surface area (Å²) in [6, 6.07) is 10.7. The first-order valence-corrected chi connectivity index (χ1v) is 11.8. The van der Waals surface area contributed by atoms with Crippen molar-refractivity contribution < 1.29 is 0 Å². The Bertz CT molecular complexity index is 1160. The first kappa shape index (κ1) is 20.3. The van der Waals surface area contributed by atoms with Crippen molar-refractivity contribution in [3.8, 4) is 0 Å². The van der Waals surface area contributed by atoms with Gasteiger partial charge in [0.25, 0.3) is 5.78 Å². The largest absolute Gasteiger partial charge is 0.368 e. The van der Waals surface area contributed by atoms with E-state index in [4.69, 9.17) is 4.98 Å². The van der Waals surface area contributed by atoms with E-state index < -0.39 is 0 Å². The van der Waals surface area contributed by atoms with Gasteiger partial charge in [0.2, 0.25) is 0 Å². The molecule has 1 aliphatic heterocycles. The second kappa shape index (κ2) is 8.86.